The highest BCUT2D eigenvalue weighted by molar-refractivity contribution is 5.76. The molecule has 0 aromatic rings. The molecule has 113 heavy (non-hydrogen) atoms. The van der Waals surface area contributed by atoms with Crippen LogP contribution in [0.25, 0.3) is 0 Å². The van der Waals surface area contributed by atoms with E-state index in [4.69, 9.17) is 56.8 Å². The second-order valence-electron chi connectivity index (χ2n) is 31.4. The van der Waals surface area contributed by atoms with Gasteiger partial charge in [-0.2, -0.15) is 0 Å². The number of unbranched alkanes of at least 4 members (excludes halogenated alkanes) is 27. The maximum absolute atomic E-state index is 13.5. The van der Waals surface area contributed by atoms with E-state index in [9.17, 15) is 101 Å². The van der Waals surface area contributed by atoms with Crippen LogP contribution in [0.2, 0.25) is 0 Å². The second-order valence-corrected chi connectivity index (χ2v) is 31.4. The maximum atomic E-state index is 13.5. The monoisotopic (exact) mass is 1630 g/mol. The zero-order chi connectivity index (χ0) is 82.7. The average Bonchev–Trinajstić information content (AvgIpc) is 0.783. The summed E-state index contributed by atoms with van der Waals surface area (Å²) < 4.78 is 70.5. The van der Waals surface area contributed by atoms with E-state index >= 15 is 0 Å². The Hall–Kier alpha value is -3.01. The topological polar surface area (TPSA) is 542 Å². The Balaban J connectivity index is 1.06. The molecular weight excluding hydrogens is 1490 g/mol. The van der Waals surface area contributed by atoms with Gasteiger partial charge in [-0.25, -0.2) is 0 Å². The molecule has 32 atom stereocenters. The van der Waals surface area contributed by atoms with Crippen LogP contribution in [0.3, 0.4) is 0 Å². The molecule has 0 saturated carbocycles. The highest BCUT2D eigenvalue weighted by atomic mass is 16.8. The lowest BCUT2D eigenvalue weighted by molar-refractivity contribution is -0.387. The minimum atomic E-state index is -2.24. The molecule has 20 N–H and O–H groups in total. The number of rotatable bonds is 53. The summed E-state index contributed by atoms with van der Waals surface area (Å²) in [4.78, 5) is 38.8. The smallest absolute Gasteiger partial charge is 0.220 e. The first-order valence-electron chi connectivity index (χ1n) is 41.8. The van der Waals surface area contributed by atoms with Crippen molar-refractivity contribution in [1.82, 2.24) is 16.0 Å². The fourth-order valence-electron chi connectivity index (χ4n) is 15.4. The predicted molar refractivity (Wildman–Crippen MR) is 402 cm³/mol. The van der Waals surface area contributed by atoms with Gasteiger partial charge in [-0.15, -0.1) is 0 Å². The number of nitrogens with one attached hydrogen (secondary N) is 3. The second kappa shape index (κ2) is 52.9. The molecule has 3 amide bonds. The average molecular weight is 1630 g/mol. The summed E-state index contributed by atoms with van der Waals surface area (Å²) >= 11 is 0. The number of carbonyl (C=O) groups is 3. The van der Waals surface area contributed by atoms with Gasteiger partial charge in [0.25, 0.3) is 0 Å². The van der Waals surface area contributed by atoms with Crippen LogP contribution in [0.15, 0.2) is 12.2 Å². The first-order valence-corrected chi connectivity index (χ1v) is 41.8. The predicted octanol–water partition coefficient (Wildman–Crippen LogP) is -0.616. The number of amides is 3. The Morgan fingerprint density at radius 1 is 0.381 bits per heavy atom. The Labute approximate surface area is 664 Å². The van der Waals surface area contributed by atoms with Crippen molar-refractivity contribution in [2.24, 2.45) is 0 Å². The molecule has 6 fully saturated rings. The zero-order valence-electron chi connectivity index (χ0n) is 66.8. The number of allylic oxidation sites excluding steroid dienone is 1. The van der Waals surface area contributed by atoms with E-state index in [1.54, 1.807) is 6.08 Å². The van der Waals surface area contributed by atoms with Crippen LogP contribution in [0.5, 0.6) is 0 Å². The van der Waals surface area contributed by atoms with Crippen LogP contribution in [0, 0.1) is 0 Å². The van der Waals surface area contributed by atoms with E-state index in [1.807, 2.05) is 6.08 Å². The molecule has 0 aliphatic carbocycles. The molecule has 6 aliphatic rings. The minimum absolute atomic E-state index is 0.186. The van der Waals surface area contributed by atoms with E-state index in [2.05, 4.69) is 29.8 Å². The molecule has 6 aliphatic heterocycles. The van der Waals surface area contributed by atoms with Crippen molar-refractivity contribution in [3.05, 3.63) is 12.2 Å². The van der Waals surface area contributed by atoms with E-state index in [-0.39, 0.29) is 12.3 Å². The third-order valence-electron chi connectivity index (χ3n) is 22.2. The van der Waals surface area contributed by atoms with Crippen LogP contribution >= 0.6 is 0 Å². The van der Waals surface area contributed by atoms with Gasteiger partial charge in [-0.05, 0) is 26.2 Å². The van der Waals surface area contributed by atoms with Crippen molar-refractivity contribution in [1.29, 1.82) is 0 Å². The molecule has 0 radical (unpaired) electrons. The standard InChI is InChI=1S/C78H141N3O32/c1-6-8-10-12-14-16-18-20-21-22-23-25-27-29-31-33-35-37-54(89)81-47(48(88)36-34-32-30-28-26-24-19-17-15-13-11-9-7-2)42-102-76-65(98)63(96)68(51(40-84)107-76)111-77-66(99)64(97)69(52(41-85)108-77)112-78-67(100)71(60(93)50(39-83)106-78)113-75-55(79-45(4)86)61(94)58(91)53(109-75)43-103-74-56(80-46(5)87)70(59(92)49(38-82)105-74)110-72-62(95)57(90)44(3)104-73(72)101/h34,36,44,47-53,55-78,82-85,88,90-101H,6-33,35,37-43H2,1-5H3,(H,79,86)(H,80,87)(H,81,89)/b36-34+/t44?,47-,48+,49?,50?,51?,52?,53?,55?,56?,57+,58-,59+,60-,61+,62?,63+,64+,65?,66?,67?,68+,69-,70+,71-,72-,73+,74+,75-,76+,77-,78-/m0/s1. The molecule has 0 bridgehead atoms. The number of carbonyl (C=O) groups excluding carboxylic acids is 3. The Bertz CT molecular complexity index is 2610. The van der Waals surface area contributed by atoms with Crippen LogP contribution in [0.1, 0.15) is 227 Å². The summed E-state index contributed by atoms with van der Waals surface area (Å²) in [5.74, 6) is -1.92. The van der Waals surface area contributed by atoms with Crippen molar-refractivity contribution in [3.8, 4) is 0 Å². The molecule has 6 saturated heterocycles. The van der Waals surface area contributed by atoms with Gasteiger partial charge in [0.15, 0.2) is 37.7 Å². The summed E-state index contributed by atoms with van der Waals surface area (Å²) in [7, 11) is 0. The molecule has 12 unspecified atom stereocenters. The number of aliphatic hydroxyl groups excluding tert-OH is 17. The zero-order valence-corrected chi connectivity index (χ0v) is 66.8. The molecule has 35 heteroatoms. The Morgan fingerprint density at radius 3 is 1.28 bits per heavy atom. The molecule has 0 aromatic carbocycles. The number of ether oxygens (including phenoxy) is 12. The molecule has 35 nitrogen and oxygen atoms in total. The molecule has 0 spiro atoms. The summed E-state index contributed by atoms with van der Waals surface area (Å²) in [5.41, 5.74) is 0. The van der Waals surface area contributed by atoms with Crippen molar-refractivity contribution in [2.45, 2.75) is 424 Å². The number of aliphatic hydroxyl groups is 17. The highest BCUT2D eigenvalue weighted by Crippen LogP contribution is 2.37. The van der Waals surface area contributed by atoms with E-state index in [0.717, 1.165) is 65.2 Å². The van der Waals surface area contributed by atoms with Crippen LogP contribution < -0.4 is 16.0 Å². The largest absolute Gasteiger partial charge is 0.394 e. The lowest BCUT2D eigenvalue weighted by Crippen LogP contribution is -2.69. The van der Waals surface area contributed by atoms with Gasteiger partial charge >= 0.3 is 0 Å². The Morgan fingerprint density at radius 2 is 0.788 bits per heavy atom. The van der Waals surface area contributed by atoms with Gasteiger partial charge in [-0.1, -0.05) is 193 Å². The Kier molecular flexibility index (Phi) is 46.3. The van der Waals surface area contributed by atoms with Crippen molar-refractivity contribution in [2.75, 3.05) is 39.6 Å². The highest BCUT2D eigenvalue weighted by Gasteiger charge is 2.58. The van der Waals surface area contributed by atoms with Gasteiger partial charge in [-0.3, -0.25) is 14.4 Å². The van der Waals surface area contributed by atoms with Crippen molar-refractivity contribution < 1.29 is 158 Å². The minimum Gasteiger partial charge on any atom is -0.394 e. The van der Waals surface area contributed by atoms with Gasteiger partial charge in [0.2, 0.25) is 17.7 Å². The third kappa shape index (κ3) is 30.9. The summed E-state index contributed by atoms with van der Waals surface area (Å²) in [6.07, 6.45) is -15.8. The SMILES string of the molecule is CCCCCCCCCCCCC/C=C/[C@@H](O)[C@H](CO[C@@H]1OC(CO)[C@@H](O[C@@H]2OC(CO)[C@H](O[C@@H]3OC(CO)[C@H](O)[C@H](O[C@@H]4OC(CO[C@@H]5OC(CO)[C@@H](O)[C@H](O[C@H]6C(O)[C@H](O)C(C)O[C@H]6O)C5NC(C)=O)[C@H](O)[C@H](O)C4NC(C)=O)C3O)[C@H](O)C2O)[C@H](O)C1O)NC(=O)CCCCCCCCCCCCCCCCCCC. The lowest BCUT2D eigenvalue weighted by Gasteiger charge is -2.50. The van der Waals surface area contributed by atoms with E-state index in [1.165, 1.54) is 129 Å². The molecule has 660 valence electrons. The lowest BCUT2D eigenvalue weighted by atomic mass is 9.94. The fraction of sp³-hybridized carbons (Fsp3) is 0.936. The molecule has 6 heterocycles. The van der Waals surface area contributed by atoms with Gasteiger partial charge < -0.3 is 160 Å². The summed E-state index contributed by atoms with van der Waals surface area (Å²) in [6.45, 7) is 2.72. The van der Waals surface area contributed by atoms with E-state index in [0.29, 0.717) is 12.8 Å². The molecule has 6 rings (SSSR count). The maximum Gasteiger partial charge on any atom is 0.220 e. The van der Waals surface area contributed by atoms with Crippen LogP contribution in [-0.2, 0) is 71.2 Å². The number of hydrogen-bond acceptors (Lipinski definition) is 32. The van der Waals surface area contributed by atoms with E-state index < -0.39 is 248 Å². The van der Waals surface area contributed by atoms with Gasteiger partial charge in [0.05, 0.1) is 57.9 Å². The van der Waals surface area contributed by atoms with Crippen molar-refractivity contribution >= 4 is 17.7 Å². The van der Waals surface area contributed by atoms with Crippen LogP contribution in [-0.4, -0.2) is 340 Å². The quantitative estimate of drug-likeness (QED) is 0.0267. The fourth-order valence-corrected chi connectivity index (χ4v) is 15.4. The first-order chi connectivity index (χ1) is 54.2. The summed E-state index contributed by atoms with van der Waals surface area (Å²) in [6, 6.07) is -4.39. The normalized spacial score (nSPS) is 37.0. The molecule has 0 aromatic heterocycles. The van der Waals surface area contributed by atoms with Gasteiger partial charge in [0, 0.05) is 20.3 Å². The van der Waals surface area contributed by atoms with Gasteiger partial charge in [0.1, 0.15) is 140 Å². The first kappa shape index (κ1) is 98.8. The number of hydrogen-bond donors (Lipinski definition) is 20. The van der Waals surface area contributed by atoms with Crippen LogP contribution in [0.4, 0.5) is 0 Å². The van der Waals surface area contributed by atoms with Crippen molar-refractivity contribution in [3.63, 3.8) is 0 Å². The third-order valence-corrected chi connectivity index (χ3v) is 22.2. The summed E-state index contributed by atoms with van der Waals surface area (Å²) in [5, 5.41) is 198. The molecular formula is C78H141N3O32.